The van der Waals surface area contributed by atoms with E-state index in [-0.39, 0.29) is 11.7 Å². The monoisotopic (exact) mass is 272 g/mol. The number of hydrogen-bond acceptors (Lipinski definition) is 1. The van der Waals surface area contributed by atoms with Crippen molar-refractivity contribution in [1.29, 1.82) is 0 Å². The molecule has 2 aromatic rings. The summed E-state index contributed by atoms with van der Waals surface area (Å²) in [4.78, 5) is 0. The van der Waals surface area contributed by atoms with Gasteiger partial charge in [-0.2, -0.15) is 5.10 Å². The van der Waals surface area contributed by atoms with Crippen LogP contribution in [-0.4, -0.2) is 9.78 Å². The van der Waals surface area contributed by atoms with E-state index in [2.05, 4.69) is 5.10 Å². The van der Waals surface area contributed by atoms with E-state index in [0.717, 1.165) is 0 Å². The summed E-state index contributed by atoms with van der Waals surface area (Å²) < 4.78 is 15.4. The maximum atomic E-state index is 13.9. The van der Waals surface area contributed by atoms with E-state index in [1.54, 1.807) is 26.0 Å². The Bertz CT molecular complexity index is 564. The molecule has 0 atom stereocenters. The lowest BCUT2D eigenvalue weighted by Crippen LogP contribution is -2.05. The maximum Gasteiger partial charge on any atom is 0.149 e. The number of hydrogen-bond donors (Lipinski definition) is 0. The van der Waals surface area contributed by atoms with Crippen LogP contribution in [0.1, 0.15) is 17.0 Å². The number of alkyl halides is 1. The Kier molecular flexibility index (Phi) is 3.40. The van der Waals surface area contributed by atoms with Crippen LogP contribution >= 0.6 is 23.2 Å². The molecule has 0 aliphatic carbocycles. The van der Waals surface area contributed by atoms with Crippen LogP contribution in [0.5, 0.6) is 0 Å². The van der Waals surface area contributed by atoms with Crippen molar-refractivity contribution in [2.75, 3.05) is 0 Å². The van der Waals surface area contributed by atoms with Crippen molar-refractivity contribution >= 4 is 23.2 Å². The van der Waals surface area contributed by atoms with Crippen LogP contribution in [0, 0.1) is 19.7 Å². The van der Waals surface area contributed by atoms with Crippen molar-refractivity contribution in [3.8, 4) is 5.69 Å². The summed E-state index contributed by atoms with van der Waals surface area (Å²) in [6.45, 7) is 3.58. The molecule has 0 unspecified atom stereocenters. The van der Waals surface area contributed by atoms with Crippen LogP contribution in [0.2, 0.25) is 5.02 Å². The van der Waals surface area contributed by atoms with E-state index in [9.17, 15) is 4.39 Å². The molecular formula is C12H11Cl2FN2. The minimum atomic E-state index is -0.356. The Labute approximate surface area is 109 Å². The largest absolute Gasteiger partial charge is 0.233 e. The molecule has 0 amide bonds. The molecule has 1 aromatic heterocycles. The number of aromatic nitrogens is 2. The first-order valence-electron chi connectivity index (χ1n) is 5.11. The van der Waals surface area contributed by atoms with Gasteiger partial charge in [0.1, 0.15) is 11.5 Å². The van der Waals surface area contributed by atoms with Crippen LogP contribution < -0.4 is 0 Å². The zero-order chi connectivity index (χ0) is 12.6. The number of rotatable bonds is 2. The highest BCUT2D eigenvalue weighted by Gasteiger charge is 2.16. The second kappa shape index (κ2) is 4.67. The average molecular weight is 273 g/mol. The first kappa shape index (κ1) is 12.4. The van der Waals surface area contributed by atoms with Crippen molar-refractivity contribution in [3.05, 3.63) is 46.0 Å². The van der Waals surface area contributed by atoms with Crippen LogP contribution in [0.25, 0.3) is 5.69 Å². The standard InChI is InChI=1S/C12H11Cl2FN2/c1-7-11(14)8(2)17(16-7)12-9(6-13)4-3-5-10(12)15/h3-5H,6H2,1-2H3. The predicted molar refractivity (Wildman–Crippen MR) is 67.6 cm³/mol. The molecule has 0 N–H and O–H groups in total. The molecule has 0 saturated heterocycles. The highest BCUT2D eigenvalue weighted by Crippen LogP contribution is 2.26. The fourth-order valence-electron chi connectivity index (χ4n) is 1.75. The van der Waals surface area contributed by atoms with Crippen LogP contribution in [0.15, 0.2) is 18.2 Å². The summed E-state index contributed by atoms with van der Waals surface area (Å²) in [5.41, 5.74) is 2.44. The normalized spacial score (nSPS) is 10.9. The van der Waals surface area contributed by atoms with Gasteiger partial charge in [-0.15, -0.1) is 11.6 Å². The summed E-state index contributed by atoms with van der Waals surface area (Å²) in [5.74, 6) is -0.131. The third-order valence-corrected chi connectivity index (χ3v) is 3.46. The fourth-order valence-corrected chi connectivity index (χ4v) is 2.08. The molecule has 90 valence electrons. The van der Waals surface area contributed by atoms with Gasteiger partial charge in [0.25, 0.3) is 0 Å². The first-order chi connectivity index (χ1) is 8.06. The van der Waals surface area contributed by atoms with E-state index in [1.807, 2.05) is 0 Å². The van der Waals surface area contributed by atoms with Crippen molar-refractivity contribution in [2.24, 2.45) is 0 Å². The van der Waals surface area contributed by atoms with Gasteiger partial charge in [-0.1, -0.05) is 23.7 Å². The van der Waals surface area contributed by atoms with Crippen LogP contribution in [0.4, 0.5) is 4.39 Å². The predicted octanol–water partition coefficient (Wildman–Crippen LogP) is 4.02. The minimum absolute atomic E-state index is 0.225. The number of aryl methyl sites for hydroxylation is 1. The molecular weight excluding hydrogens is 262 g/mol. The van der Waals surface area contributed by atoms with Gasteiger partial charge in [-0.25, -0.2) is 9.07 Å². The lowest BCUT2D eigenvalue weighted by atomic mass is 10.2. The van der Waals surface area contributed by atoms with Gasteiger partial charge in [-0.3, -0.25) is 0 Å². The highest BCUT2D eigenvalue weighted by molar-refractivity contribution is 6.31. The Morgan fingerprint density at radius 3 is 2.59 bits per heavy atom. The molecule has 0 aliphatic rings. The molecule has 0 spiro atoms. The number of nitrogens with zero attached hydrogens (tertiary/aromatic N) is 2. The minimum Gasteiger partial charge on any atom is -0.233 e. The second-order valence-corrected chi connectivity index (χ2v) is 4.42. The summed E-state index contributed by atoms with van der Waals surface area (Å²) in [6, 6.07) is 4.79. The van der Waals surface area contributed by atoms with Crippen molar-refractivity contribution in [3.63, 3.8) is 0 Å². The lowest BCUT2D eigenvalue weighted by Gasteiger charge is -2.10. The second-order valence-electron chi connectivity index (χ2n) is 3.78. The lowest BCUT2D eigenvalue weighted by molar-refractivity contribution is 0.605. The smallest absolute Gasteiger partial charge is 0.149 e. The van der Waals surface area contributed by atoms with Gasteiger partial charge < -0.3 is 0 Å². The van der Waals surface area contributed by atoms with Gasteiger partial charge in [0.05, 0.1) is 16.4 Å². The quantitative estimate of drug-likeness (QED) is 0.755. The average Bonchev–Trinajstić information content (AvgIpc) is 2.56. The van der Waals surface area contributed by atoms with Crippen molar-refractivity contribution < 1.29 is 4.39 Å². The maximum absolute atomic E-state index is 13.9. The Hall–Kier alpha value is -1.06. The Morgan fingerprint density at radius 2 is 2.06 bits per heavy atom. The molecule has 1 aromatic carbocycles. The van der Waals surface area contributed by atoms with Gasteiger partial charge in [-0.05, 0) is 25.5 Å². The highest BCUT2D eigenvalue weighted by atomic mass is 35.5. The summed E-state index contributed by atoms with van der Waals surface area (Å²) in [7, 11) is 0. The van der Waals surface area contributed by atoms with Gasteiger partial charge in [0.15, 0.2) is 0 Å². The van der Waals surface area contributed by atoms with E-state index < -0.39 is 0 Å². The third kappa shape index (κ3) is 2.05. The van der Waals surface area contributed by atoms with Gasteiger partial charge >= 0.3 is 0 Å². The molecule has 2 nitrogen and oxygen atoms in total. The Morgan fingerprint density at radius 1 is 1.35 bits per heavy atom. The van der Waals surface area contributed by atoms with E-state index >= 15 is 0 Å². The summed E-state index contributed by atoms with van der Waals surface area (Å²) in [5, 5.41) is 4.79. The van der Waals surface area contributed by atoms with E-state index in [4.69, 9.17) is 23.2 Å². The molecule has 2 rings (SSSR count). The SMILES string of the molecule is Cc1nn(-c2c(F)cccc2CCl)c(C)c1Cl. The molecule has 0 radical (unpaired) electrons. The molecule has 0 aliphatic heterocycles. The molecule has 17 heavy (non-hydrogen) atoms. The topological polar surface area (TPSA) is 17.8 Å². The first-order valence-corrected chi connectivity index (χ1v) is 6.03. The van der Waals surface area contributed by atoms with Crippen LogP contribution in [0.3, 0.4) is 0 Å². The van der Waals surface area contributed by atoms with E-state index in [0.29, 0.717) is 27.7 Å². The molecule has 0 bridgehead atoms. The molecule has 5 heteroatoms. The molecule has 0 saturated carbocycles. The van der Waals surface area contributed by atoms with Crippen molar-refractivity contribution in [1.82, 2.24) is 9.78 Å². The van der Waals surface area contributed by atoms with Gasteiger partial charge in [0.2, 0.25) is 0 Å². The summed E-state index contributed by atoms with van der Waals surface area (Å²) >= 11 is 11.9. The zero-order valence-electron chi connectivity index (χ0n) is 9.47. The third-order valence-electron chi connectivity index (χ3n) is 2.63. The number of halogens is 3. The summed E-state index contributed by atoms with van der Waals surface area (Å²) in [6.07, 6.45) is 0. The Balaban J connectivity index is 2.72. The fraction of sp³-hybridized carbons (Fsp3) is 0.250. The van der Waals surface area contributed by atoms with Crippen LogP contribution in [-0.2, 0) is 5.88 Å². The number of benzene rings is 1. The molecule has 0 fully saturated rings. The van der Waals surface area contributed by atoms with E-state index in [1.165, 1.54) is 10.7 Å². The van der Waals surface area contributed by atoms with Crippen molar-refractivity contribution in [2.45, 2.75) is 19.7 Å². The number of para-hydroxylation sites is 1. The molecule has 1 heterocycles. The van der Waals surface area contributed by atoms with Gasteiger partial charge in [0, 0.05) is 5.88 Å². The zero-order valence-corrected chi connectivity index (χ0v) is 11.0.